The fourth-order valence-corrected chi connectivity index (χ4v) is 4.60. The van der Waals surface area contributed by atoms with Gasteiger partial charge in [0.15, 0.2) is 0 Å². The maximum absolute atomic E-state index is 5.56. The third-order valence-corrected chi connectivity index (χ3v) is 5.72. The van der Waals surface area contributed by atoms with Crippen molar-refractivity contribution in [3.8, 4) is 0 Å². The number of ether oxygens (including phenoxy) is 6. The Hall–Kier alpha value is 0.114. The molecule has 0 bridgehead atoms. The second-order valence-corrected chi connectivity index (χ2v) is 6.90. The van der Waals surface area contributed by atoms with Gasteiger partial charge in [-0.25, -0.2) is 0 Å². The molecule has 0 aliphatic heterocycles. The third-order valence-electron chi connectivity index (χ3n) is 4.24. The molecule has 2 atom stereocenters. The van der Waals surface area contributed by atoms with Crippen molar-refractivity contribution in [1.82, 2.24) is 10.6 Å². The van der Waals surface area contributed by atoms with E-state index in [9.17, 15) is 0 Å². The fourth-order valence-electron chi connectivity index (χ4n) is 2.86. The van der Waals surface area contributed by atoms with Crippen LogP contribution in [0.25, 0.3) is 0 Å². The Morgan fingerprint density at radius 2 is 0.958 bits per heavy atom. The molecule has 0 aromatic rings. The molecular weight excluding hydrogens is 348 g/mol. The summed E-state index contributed by atoms with van der Waals surface area (Å²) in [5.74, 6) is -1.95. The molecule has 0 aliphatic rings. The average molecular weight is 385 g/mol. The highest BCUT2D eigenvalue weighted by Gasteiger charge is 2.40. The molecule has 2 N–H and O–H groups in total. The van der Waals surface area contributed by atoms with Gasteiger partial charge in [0.05, 0.1) is 0 Å². The quantitative estimate of drug-likeness (QED) is 0.185. The van der Waals surface area contributed by atoms with Crippen LogP contribution in [0.1, 0.15) is 0 Å². The van der Waals surface area contributed by atoms with Crippen molar-refractivity contribution in [3.63, 3.8) is 0 Å². The molecule has 0 spiro atoms. The second kappa shape index (κ2) is 12.5. The molecule has 0 aromatic heterocycles. The van der Waals surface area contributed by atoms with E-state index in [1.165, 1.54) is 0 Å². The largest absolute Gasteiger partial charge is 0.375 e. The van der Waals surface area contributed by atoms with Gasteiger partial charge in [-0.1, -0.05) is 0 Å². The molecule has 2 unspecified atom stereocenters. The van der Waals surface area contributed by atoms with Gasteiger partial charge in [-0.15, -0.1) is 0 Å². The minimum Gasteiger partial charge on any atom is -0.375 e. The zero-order valence-corrected chi connectivity index (χ0v) is 20.4. The van der Waals surface area contributed by atoms with Crippen molar-refractivity contribution in [2.24, 2.45) is 0 Å². The summed E-state index contributed by atoms with van der Waals surface area (Å²) in [7, 11) is 11.7. The summed E-state index contributed by atoms with van der Waals surface area (Å²) in [6.07, 6.45) is -0.357. The van der Waals surface area contributed by atoms with Crippen molar-refractivity contribution >= 4 is 20.5 Å². The summed E-state index contributed by atoms with van der Waals surface area (Å²) in [6, 6.07) is 1.76. The highest BCUT2D eigenvalue weighted by Crippen LogP contribution is 2.20. The Labute approximate surface area is 152 Å². The number of hydrogen-bond donors (Lipinski definition) is 2. The third kappa shape index (κ3) is 5.83. The van der Waals surface area contributed by atoms with Gasteiger partial charge >= 0.3 is 0 Å². The zero-order chi connectivity index (χ0) is 18.6. The van der Waals surface area contributed by atoms with Crippen molar-refractivity contribution in [1.29, 1.82) is 0 Å². The number of methoxy groups -OCH3 is 6. The van der Waals surface area contributed by atoms with Gasteiger partial charge in [0.1, 0.15) is 12.2 Å². The smallest absolute Gasteiger partial charge is 0.254 e. The molecule has 146 valence electrons. The van der Waals surface area contributed by atoms with Gasteiger partial charge in [0.2, 0.25) is 0 Å². The van der Waals surface area contributed by atoms with Gasteiger partial charge in [-0.3, -0.25) is 10.6 Å². The summed E-state index contributed by atoms with van der Waals surface area (Å²) >= 11 is 0. The molecule has 24 heavy (non-hydrogen) atoms. The van der Waals surface area contributed by atoms with Gasteiger partial charge in [0, 0.05) is 76.2 Å². The monoisotopic (exact) mass is 384 g/mol. The molecule has 8 nitrogen and oxygen atoms in total. The Balaban J connectivity index is 4.81. The predicted molar refractivity (Wildman–Crippen MR) is 101 cm³/mol. The van der Waals surface area contributed by atoms with Gasteiger partial charge < -0.3 is 28.4 Å². The second-order valence-electron chi connectivity index (χ2n) is 5.27. The van der Waals surface area contributed by atoms with Crippen molar-refractivity contribution in [2.45, 2.75) is 36.1 Å². The van der Waals surface area contributed by atoms with E-state index >= 15 is 0 Å². The molecule has 0 aromatic carbocycles. The lowest BCUT2D eigenvalue weighted by atomic mass is 10.2. The lowest BCUT2D eigenvalue weighted by Gasteiger charge is -2.39. The summed E-state index contributed by atoms with van der Waals surface area (Å²) in [6.45, 7) is 1.13. The molecule has 0 amide bonds. The normalized spacial score (nSPS) is 15.8. The van der Waals surface area contributed by atoms with E-state index in [1.54, 1.807) is 42.7 Å². The highest BCUT2D eigenvalue weighted by molar-refractivity contribution is 6.09. The van der Waals surface area contributed by atoms with Gasteiger partial charge in [-0.05, 0) is 12.1 Å². The van der Waals surface area contributed by atoms with Crippen LogP contribution in [0.4, 0.5) is 0 Å². The first-order valence-corrected chi connectivity index (χ1v) is 11.1. The van der Waals surface area contributed by atoms with E-state index in [0.29, 0.717) is 13.1 Å². The molecular formula is C14H36N2O6Si2. The molecule has 0 saturated heterocycles. The molecule has 0 rings (SSSR count). The lowest BCUT2D eigenvalue weighted by molar-refractivity contribution is -0.284. The van der Waals surface area contributed by atoms with Crippen molar-refractivity contribution in [3.05, 3.63) is 0 Å². The summed E-state index contributed by atoms with van der Waals surface area (Å²) in [4.78, 5) is 0. The Kier molecular flexibility index (Phi) is 12.5. The highest BCUT2D eigenvalue weighted by atomic mass is 28.1. The molecule has 0 fully saturated rings. The summed E-state index contributed by atoms with van der Waals surface area (Å²) < 4.78 is 33.2. The minimum absolute atomic E-state index is 0.179. The molecule has 10 heteroatoms. The first-order valence-electron chi connectivity index (χ1n) is 8.25. The zero-order valence-electron chi connectivity index (χ0n) is 16.4. The summed E-state index contributed by atoms with van der Waals surface area (Å²) in [5, 5.41) is 6.55. The van der Waals surface area contributed by atoms with Crippen LogP contribution in [-0.4, -0.2) is 100 Å². The van der Waals surface area contributed by atoms with E-state index in [4.69, 9.17) is 28.4 Å². The van der Waals surface area contributed by atoms with Gasteiger partial charge in [-0.2, -0.15) is 0 Å². The predicted octanol–water partition coefficient (Wildman–Crippen LogP) is -2.34. The molecule has 0 heterocycles. The van der Waals surface area contributed by atoms with Crippen LogP contribution in [0.15, 0.2) is 0 Å². The Morgan fingerprint density at radius 3 is 1.12 bits per heavy atom. The van der Waals surface area contributed by atoms with E-state index < -0.39 is 11.8 Å². The topological polar surface area (TPSA) is 79.4 Å². The maximum atomic E-state index is 5.56. The number of hydrogen-bond acceptors (Lipinski definition) is 8. The van der Waals surface area contributed by atoms with Gasteiger partial charge in [0.25, 0.3) is 11.8 Å². The Morgan fingerprint density at radius 1 is 0.667 bits per heavy atom. The summed E-state index contributed by atoms with van der Waals surface area (Å²) in [5.41, 5.74) is 0. The SMILES string of the molecule is COC(C[SiH3])C(NCCNC(OC)(OC)C(C[SiH3])OC)(OC)OC. The van der Waals surface area contributed by atoms with E-state index in [2.05, 4.69) is 10.6 Å². The molecule has 0 radical (unpaired) electrons. The van der Waals surface area contributed by atoms with E-state index in [-0.39, 0.29) is 12.2 Å². The van der Waals surface area contributed by atoms with Crippen LogP contribution in [0.2, 0.25) is 12.1 Å². The van der Waals surface area contributed by atoms with E-state index in [1.807, 2.05) is 0 Å². The minimum atomic E-state index is -0.973. The average Bonchev–Trinajstić information content (AvgIpc) is 2.63. The number of nitrogens with one attached hydrogen (secondary N) is 2. The van der Waals surface area contributed by atoms with Crippen LogP contribution in [0.3, 0.4) is 0 Å². The van der Waals surface area contributed by atoms with E-state index in [0.717, 1.165) is 32.6 Å². The molecule has 0 saturated carbocycles. The van der Waals surface area contributed by atoms with Crippen molar-refractivity contribution < 1.29 is 28.4 Å². The maximum Gasteiger partial charge on any atom is 0.254 e. The molecule has 0 aliphatic carbocycles. The van der Waals surface area contributed by atoms with Crippen LogP contribution in [-0.2, 0) is 28.4 Å². The number of rotatable bonds is 15. The van der Waals surface area contributed by atoms with Crippen LogP contribution in [0, 0.1) is 0 Å². The van der Waals surface area contributed by atoms with Crippen LogP contribution in [0.5, 0.6) is 0 Å². The standard InChI is InChI=1S/C14H36N2O6Si2/c1-17-11(9-23)13(19-3,20-4)15-7-8-16-14(21-5,22-6)12(10-24)18-2/h11-12,15-16H,7-10H2,1-6,23-24H3. The first kappa shape index (κ1) is 24.1. The van der Waals surface area contributed by atoms with Crippen molar-refractivity contribution in [2.75, 3.05) is 55.7 Å². The lowest BCUT2D eigenvalue weighted by Crippen LogP contribution is -2.62. The first-order chi connectivity index (χ1) is 11.5. The van der Waals surface area contributed by atoms with Crippen LogP contribution < -0.4 is 10.6 Å². The fraction of sp³-hybridized carbons (Fsp3) is 1.00. The Bertz CT molecular complexity index is 282. The van der Waals surface area contributed by atoms with Crippen LogP contribution >= 0.6 is 0 Å².